The summed E-state index contributed by atoms with van der Waals surface area (Å²) in [4.78, 5) is 24.7. The number of carbonyl (C=O) groups excluding carboxylic acids is 2. The average Bonchev–Trinajstić information content (AvgIpc) is 2.68. The summed E-state index contributed by atoms with van der Waals surface area (Å²) in [5, 5.41) is 0.549. The Kier molecular flexibility index (Phi) is 6.15. The molecule has 0 aliphatic carbocycles. The summed E-state index contributed by atoms with van der Waals surface area (Å²) in [7, 11) is -3.14. The van der Waals surface area contributed by atoms with Crippen LogP contribution in [0.3, 0.4) is 0 Å². The Morgan fingerprint density at radius 3 is 1.79 bits per heavy atom. The summed E-state index contributed by atoms with van der Waals surface area (Å²) < 4.78 is 28.0. The first-order chi connectivity index (χ1) is 13.7. The van der Waals surface area contributed by atoms with Gasteiger partial charge in [-0.3, -0.25) is 4.79 Å². The summed E-state index contributed by atoms with van der Waals surface area (Å²) in [6.45, 7) is 0. The fourth-order valence-electron chi connectivity index (χ4n) is 2.65. The van der Waals surface area contributed by atoms with E-state index in [0.29, 0.717) is 33.0 Å². The normalized spacial score (nSPS) is 11.1. The molecular weight excluding hydrogens is 412 g/mol. The van der Waals surface area contributed by atoms with E-state index in [0.717, 1.165) is 6.26 Å². The third-order valence-corrected chi connectivity index (χ3v) is 5.16. The highest BCUT2D eigenvalue weighted by molar-refractivity contribution is 7.89. The fraction of sp³-hybridized carbons (Fsp3) is 0.0909. The number of hydrogen-bond donors (Lipinski definition) is 0. The third kappa shape index (κ3) is 5.76. The van der Waals surface area contributed by atoms with Crippen LogP contribution in [0.2, 0.25) is 5.02 Å². The van der Waals surface area contributed by atoms with Gasteiger partial charge in [-0.05, 0) is 66.2 Å². The SMILES string of the molecule is CS(=O)(=O)Cc1ccc(C(=O)Oc2ccc(C(=O)c3ccc(Cl)cc3)cc2)cc1. The molecule has 0 amide bonds. The van der Waals surface area contributed by atoms with Crippen molar-refractivity contribution in [3.8, 4) is 5.75 Å². The molecule has 0 saturated heterocycles. The van der Waals surface area contributed by atoms with Crippen molar-refractivity contribution in [3.63, 3.8) is 0 Å². The molecule has 148 valence electrons. The summed E-state index contributed by atoms with van der Waals surface area (Å²) in [5.74, 6) is -0.539. The van der Waals surface area contributed by atoms with E-state index in [4.69, 9.17) is 16.3 Å². The summed E-state index contributed by atoms with van der Waals surface area (Å²) in [6, 6.07) is 19.0. The Morgan fingerprint density at radius 2 is 1.28 bits per heavy atom. The van der Waals surface area contributed by atoms with E-state index in [2.05, 4.69) is 0 Å². The van der Waals surface area contributed by atoms with Crippen LogP contribution in [0.5, 0.6) is 5.75 Å². The molecule has 7 heteroatoms. The highest BCUT2D eigenvalue weighted by atomic mass is 35.5. The minimum absolute atomic E-state index is 0.0918. The van der Waals surface area contributed by atoms with Crippen LogP contribution >= 0.6 is 11.6 Å². The Hall–Kier alpha value is -2.96. The van der Waals surface area contributed by atoms with Crippen LogP contribution in [-0.2, 0) is 15.6 Å². The minimum Gasteiger partial charge on any atom is -0.423 e. The molecule has 3 rings (SSSR count). The Balaban J connectivity index is 1.67. The maximum absolute atomic E-state index is 12.4. The highest BCUT2D eigenvalue weighted by Crippen LogP contribution is 2.18. The molecule has 0 N–H and O–H groups in total. The van der Waals surface area contributed by atoms with Gasteiger partial charge < -0.3 is 4.74 Å². The lowest BCUT2D eigenvalue weighted by Crippen LogP contribution is -2.09. The van der Waals surface area contributed by atoms with Gasteiger partial charge in [-0.15, -0.1) is 0 Å². The lowest BCUT2D eigenvalue weighted by Gasteiger charge is -2.07. The van der Waals surface area contributed by atoms with Gasteiger partial charge in [0.05, 0.1) is 11.3 Å². The summed E-state index contributed by atoms with van der Waals surface area (Å²) >= 11 is 5.83. The molecule has 5 nitrogen and oxygen atoms in total. The van der Waals surface area contributed by atoms with Gasteiger partial charge in [-0.2, -0.15) is 0 Å². The standard InChI is InChI=1S/C22H17ClO5S/c1-29(26,27)14-15-2-4-18(5-3-15)22(25)28-20-12-8-17(9-13-20)21(24)16-6-10-19(23)11-7-16/h2-13H,14H2,1H3. The van der Waals surface area contributed by atoms with Crippen molar-refractivity contribution in [2.45, 2.75) is 5.75 Å². The van der Waals surface area contributed by atoms with Crippen molar-refractivity contribution in [1.29, 1.82) is 0 Å². The minimum atomic E-state index is -3.14. The van der Waals surface area contributed by atoms with Crippen molar-refractivity contribution in [2.75, 3.05) is 6.26 Å². The number of ether oxygens (including phenoxy) is 1. The van der Waals surface area contributed by atoms with E-state index in [1.165, 1.54) is 12.1 Å². The maximum atomic E-state index is 12.4. The van der Waals surface area contributed by atoms with E-state index in [-0.39, 0.29) is 11.5 Å². The molecule has 0 fully saturated rings. The van der Waals surface area contributed by atoms with Gasteiger partial charge in [0.2, 0.25) is 0 Å². The number of hydrogen-bond acceptors (Lipinski definition) is 5. The van der Waals surface area contributed by atoms with Crippen LogP contribution in [-0.4, -0.2) is 26.4 Å². The topological polar surface area (TPSA) is 77.5 Å². The molecule has 0 bridgehead atoms. The van der Waals surface area contributed by atoms with E-state index in [1.54, 1.807) is 60.7 Å². The Labute approximate surface area is 173 Å². The summed E-state index contributed by atoms with van der Waals surface area (Å²) in [6.07, 6.45) is 1.15. The zero-order valence-electron chi connectivity index (χ0n) is 15.5. The monoisotopic (exact) mass is 428 g/mol. The first-order valence-electron chi connectivity index (χ1n) is 8.60. The fourth-order valence-corrected chi connectivity index (χ4v) is 3.57. The van der Waals surface area contributed by atoms with Gasteiger partial charge in [0, 0.05) is 22.4 Å². The van der Waals surface area contributed by atoms with Crippen molar-refractivity contribution in [3.05, 3.63) is 100 Å². The molecule has 0 saturated carbocycles. The number of benzene rings is 3. The Morgan fingerprint density at radius 1 is 0.793 bits per heavy atom. The zero-order valence-corrected chi connectivity index (χ0v) is 17.0. The average molecular weight is 429 g/mol. The number of esters is 1. The van der Waals surface area contributed by atoms with E-state index < -0.39 is 15.8 Å². The molecule has 3 aromatic carbocycles. The van der Waals surface area contributed by atoms with Gasteiger partial charge in [0.25, 0.3) is 0 Å². The van der Waals surface area contributed by atoms with Crippen LogP contribution in [0.1, 0.15) is 31.8 Å². The van der Waals surface area contributed by atoms with Crippen molar-refractivity contribution >= 4 is 33.2 Å². The molecule has 0 heterocycles. The summed E-state index contributed by atoms with van der Waals surface area (Å²) in [5.41, 5.74) is 1.85. The second-order valence-corrected chi connectivity index (χ2v) is 9.09. The molecule has 0 unspecified atom stereocenters. The van der Waals surface area contributed by atoms with Crippen molar-refractivity contribution in [2.24, 2.45) is 0 Å². The van der Waals surface area contributed by atoms with Gasteiger partial charge in [-0.1, -0.05) is 23.7 Å². The largest absolute Gasteiger partial charge is 0.423 e. The van der Waals surface area contributed by atoms with E-state index in [1.807, 2.05) is 0 Å². The third-order valence-electron chi connectivity index (χ3n) is 4.05. The van der Waals surface area contributed by atoms with Crippen LogP contribution in [0.15, 0.2) is 72.8 Å². The van der Waals surface area contributed by atoms with Gasteiger partial charge >= 0.3 is 5.97 Å². The lowest BCUT2D eigenvalue weighted by atomic mass is 10.0. The molecular formula is C22H17ClO5S. The molecule has 0 atom stereocenters. The van der Waals surface area contributed by atoms with Gasteiger partial charge in [0.15, 0.2) is 15.6 Å². The highest BCUT2D eigenvalue weighted by Gasteiger charge is 2.12. The number of rotatable bonds is 6. The molecule has 0 aromatic heterocycles. The van der Waals surface area contributed by atoms with Crippen LogP contribution < -0.4 is 4.74 Å². The van der Waals surface area contributed by atoms with Gasteiger partial charge in [0.1, 0.15) is 5.75 Å². The van der Waals surface area contributed by atoms with Crippen molar-refractivity contribution < 1.29 is 22.7 Å². The first kappa shape index (κ1) is 20.8. The zero-order chi connectivity index (χ0) is 21.0. The van der Waals surface area contributed by atoms with E-state index >= 15 is 0 Å². The van der Waals surface area contributed by atoms with Crippen molar-refractivity contribution in [1.82, 2.24) is 0 Å². The number of sulfone groups is 1. The smallest absolute Gasteiger partial charge is 0.343 e. The van der Waals surface area contributed by atoms with Crippen LogP contribution in [0.25, 0.3) is 0 Å². The first-order valence-corrected chi connectivity index (χ1v) is 11.0. The second-order valence-electron chi connectivity index (χ2n) is 6.52. The van der Waals surface area contributed by atoms with E-state index in [9.17, 15) is 18.0 Å². The maximum Gasteiger partial charge on any atom is 0.343 e. The molecule has 0 spiro atoms. The number of ketones is 1. The molecule has 3 aromatic rings. The predicted molar refractivity (Wildman–Crippen MR) is 111 cm³/mol. The molecule has 0 radical (unpaired) electrons. The molecule has 0 aliphatic rings. The van der Waals surface area contributed by atoms with Crippen LogP contribution in [0.4, 0.5) is 0 Å². The van der Waals surface area contributed by atoms with Gasteiger partial charge in [-0.25, -0.2) is 13.2 Å². The predicted octanol–water partition coefficient (Wildman–Crippen LogP) is 4.33. The molecule has 0 aliphatic heterocycles. The number of halogens is 1. The Bertz CT molecular complexity index is 1130. The number of carbonyl (C=O) groups is 2. The second kappa shape index (κ2) is 8.59. The lowest BCUT2D eigenvalue weighted by molar-refractivity contribution is 0.0734. The quantitative estimate of drug-likeness (QED) is 0.331. The molecule has 29 heavy (non-hydrogen) atoms. The van der Waals surface area contributed by atoms with Crippen LogP contribution in [0, 0.1) is 0 Å².